The molecule has 0 aromatic rings. The van der Waals surface area contributed by atoms with Gasteiger partial charge in [-0.1, -0.05) is 0 Å². The lowest BCUT2D eigenvalue weighted by Crippen LogP contribution is -2.12. The predicted octanol–water partition coefficient (Wildman–Crippen LogP) is 0.886. The second-order valence-corrected chi connectivity index (χ2v) is 3.77. The third-order valence-electron chi connectivity index (χ3n) is 2.11. The van der Waals surface area contributed by atoms with Crippen molar-refractivity contribution in [3.63, 3.8) is 0 Å². The molecule has 98 valence electrons. The fourth-order valence-electron chi connectivity index (χ4n) is 1.22. The van der Waals surface area contributed by atoms with Gasteiger partial charge in [-0.15, -0.1) is 0 Å². The van der Waals surface area contributed by atoms with Crippen molar-refractivity contribution < 1.29 is 19.8 Å². The Morgan fingerprint density at radius 1 is 1.00 bits per heavy atom. The van der Waals surface area contributed by atoms with Crippen molar-refractivity contribution in [2.24, 2.45) is 5.73 Å². The fourth-order valence-corrected chi connectivity index (χ4v) is 1.22. The molecule has 0 bridgehead atoms. The normalized spacial score (nSPS) is 11.2. The maximum atomic E-state index is 10.2. The molecule has 6 heteroatoms. The van der Waals surface area contributed by atoms with Gasteiger partial charge in [0, 0.05) is 31.3 Å². The summed E-state index contributed by atoms with van der Waals surface area (Å²) in [6.45, 7) is 0.674. The van der Waals surface area contributed by atoms with Crippen LogP contribution in [0.3, 0.4) is 0 Å². The molecule has 0 heterocycles. The average Bonchev–Trinajstić information content (AvgIpc) is 2.22. The zero-order valence-corrected chi connectivity index (χ0v) is 9.82. The zero-order valence-electron chi connectivity index (χ0n) is 9.82. The number of carbonyl (C=O) groups is 2. The van der Waals surface area contributed by atoms with Crippen LogP contribution in [-0.4, -0.2) is 28.7 Å². The Balaban J connectivity index is 3.43. The van der Waals surface area contributed by atoms with Crippen LogP contribution in [0.2, 0.25) is 0 Å². The highest BCUT2D eigenvalue weighted by molar-refractivity contribution is 5.66. The molecule has 0 rings (SSSR count). The second-order valence-electron chi connectivity index (χ2n) is 3.77. The molecule has 0 amide bonds. The van der Waals surface area contributed by atoms with E-state index in [9.17, 15) is 9.59 Å². The van der Waals surface area contributed by atoms with Crippen molar-refractivity contribution in [2.45, 2.75) is 38.5 Å². The number of nitrogens with one attached hydrogen (secondary N) is 1. The number of hydrogen-bond donors (Lipinski definition) is 4. The van der Waals surface area contributed by atoms with Crippen LogP contribution in [0.25, 0.3) is 0 Å². The van der Waals surface area contributed by atoms with E-state index in [-0.39, 0.29) is 12.8 Å². The molecule has 0 aromatic carbocycles. The van der Waals surface area contributed by atoms with Crippen molar-refractivity contribution in [1.29, 1.82) is 0 Å². The van der Waals surface area contributed by atoms with E-state index in [2.05, 4.69) is 5.32 Å². The summed E-state index contributed by atoms with van der Waals surface area (Å²) >= 11 is 0. The lowest BCUT2D eigenvalue weighted by Gasteiger charge is -2.03. The summed E-state index contributed by atoms with van der Waals surface area (Å²) in [6, 6.07) is 0. The first-order chi connectivity index (χ1) is 8.02. The number of rotatable bonds is 10. The van der Waals surface area contributed by atoms with Gasteiger partial charge in [-0.25, -0.2) is 0 Å². The number of hydrogen-bond acceptors (Lipinski definition) is 4. The Morgan fingerprint density at radius 2 is 1.59 bits per heavy atom. The molecule has 0 aliphatic rings. The fraction of sp³-hybridized carbons (Fsp3) is 0.636. The van der Waals surface area contributed by atoms with Crippen LogP contribution in [0.4, 0.5) is 0 Å². The van der Waals surface area contributed by atoms with Gasteiger partial charge in [-0.05, 0) is 25.7 Å². The molecule has 0 spiro atoms. The monoisotopic (exact) mass is 244 g/mol. The summed E-state index contributed by atoms with van der Waals surface area (Å²) in [5, 5.41) is 19.8. The standard InChI is InChI=1S/C11H20N2O4/c12-9(4-3-6-11(16)17)8-13-7-2-1-5-10(14)15/h8,13H,1-7,12H2,(H,14,15)(H,16,17)/b9-8-. The molecule has 5 N–H and O–H groups in total. The van der Waals surface area contributed by atoms with Crippen LogP contribution < -0.4 is 11.1 Å². The van der Waals surface area contributed by atoms with Gasteiger partial charge in [-0.2, -0.15) is 0 Å². The van der Waals surface area contributed by atoms with E-state index in [4.69, 9.17) is 15.9 Å². The zero-order chi connectivity index (χ0) is 13.1. The molecule has 17 heavy (non-hydrogen) atoms. The van der Waals surface area contributed by atoms with Crippen molar-refractivity contribution in [2.75, 3.05) is 6.54 Å². The van der Waals surface area contributed by atoms with Crippen LogP contribution >= 0.6 is 0 Å². The van der Waals surface area contributed by atoms with Crippen LogP contribution in [0, 0.1) is 0 Å². The first kappa shape index (κ1) is 15.3. The van der Waals surface area contributed by atoms with Gasteiger partial charge in [0.25, 0.3) is 0 Å². The summed E-state index contributed by atoms with van der Waals surface area (Å²) in [5.74, 6) is -1.60. The van der Waals surface area contributed by atoms with Crippen molar-refractivity contribution in [3.8, 4) is 0 Å². The quantitative estimate of drug-likeness (QED) is 0.424. The molecule has 6 nitrogen and oxygen atoms in total. The first-order valence-corrected chi connectivity index (χ1v) is 5.64. The maximum absolute atomic E-state index is 10.2. The number of carboxylic acid groups (broad SMARTS) is 2. The third kappa shape index (κ3) is 12.2. The molecule has 0 saturated carbocycles. The van der Waals surface area contributed by atoms with E-state index in [1.165, 1.54) is 0 Å². The van der Waals surface area contributed by atoms with E-state index < -0.39 is 11.9 Å². The van der Waals surface area contributed by atoms with Gasteiger partial charge in [0.15, 0.2) is 0 Å². The average molecular weight is 244 g/mol. The Morgan fingerprint density at radius 3 is 2.18 bits per heavy atom. The molecule has 0 aliphatic heterocycles. The molecule has 0 atom stereocenters. The van der Waals surface area contributed by atoms with Gasteiger partial charge in [-0.3, -0.25) is 9.59 Å². The SMILES string of the molecule is N/C(=C\NCCCCC(=O)O)CCCC(=O)O. The number of aliphatic carboxylic acids is 2. The summed E-state index contributed by atoms with van der Waals surface area (Å²) in [7, 11) is 0. The van der Waals surface area contributed by atoms with E-state index in [0.717, 1.165) is 6.42 Å². The van der Waals surface area contributed by atoms with Crippen LogP contribution in [-0.2, 0) is 9.59 Å². The topological polar surface area (TPSA) is 113 Å². The minimum atomic E-state index is -0.820. The van der Waals surface area contributed by atoms with Crippen LogP contribution in [0.5, 0.6) is 0 Å². The summed E-state index contributed by atoms with van der Waals surface area (Å²) in [6.07, 6.45) is 4.43. The van der Waals surface area contributed by atoms with E-state index >= 15 is 0 Å². The summed E-state index contributed by atoms with van der Waals surface area (Å²) in [4.78, 5) is 20.5. The van der Waals surface area contributed by atoms with Gasteiger partial charge in [0.2, 0.25) is 0 Å². The lowest BCUT2D eigenvalue weighted by molar-refractivity contribution is -0.138. The highest BCUT2D eigenvalue weighted by atomic mass is 16.4. The Kier molecular flexibility index (Phi) is 8.54. The molecular formula is C11H20N2O4. The molecule has 0 saturated heterocycles. The van der Waals surface area contributed by atoms with Crippen molar-refractivity contribution in [1.82, 2.24) is 5.32 Å². The molecule has 0 fully saturated rings. The predicted molar refractivity (Wildman–Crippen MR) is 63.2 cm³/mol. The van der Waals surface area contributed by atoms with Gasteiger partial charge in [0.1, 0.15) is 0 Å². The van der Waals surface area contributed by atoms with Gasteiger partial charge < -0.3 is 21.3 Å². The number of unbranched alkanes of at least 4 members (excludes halogenated alkanes) is 1. The number of carboxylic acids is 2. The summed E-state index contributed by atoms with van der Waals surface area (Å²) in [5.41, 5.74) is 6.25. The van der Waals surface area contributed by atoms with E-state index in [1.54, 1.807) is 6.20 Å². The van der Waals surface area contributed by atoms with Gasteiger partial charge >= 0.3 is 11.9 Å². The van der Waals surface area contributed by atoms with E-state index in [0.29, 0.717) is 31.5 Å². The second kappa shape index (κ2) is 9.50. The molecule has 0 aromatic heterocycles. The highest BCUT2D eigenvalue weighted by Gasteiger charge is 1.98. The minimum absolute atomic E-state index is 0.118. The minimum Gasteiger partial charge on any atom is -0.481 e. The Bertz CT molecular complexity index is 277. The lowest BCUT2D eigenvalue weighted by atomic mass is 10.2. The molecular weight excluding hydrogens is 224 g/mol. The molecule has 0 radical (unpaired) electrons. The van der Waals surface area contributed by atoms with Crippen LogP contribution in [0.15, 0.2) is 11.9 Å². The Hall–Kier alpha value is -1.72. The third-order valence-corrected chi connectivity index (χ3v) is 2.11. The number of nitrogens with two attached hydrogens (primary N) is 1. The summed E-state index contributed by atoms with van der Waals surface area (Å²) < 4.78 is 0. The van der Waals surface area contributed by atoms with Gasteiger partial charge in [0.05, 0.1) is 0 Å². The Labute approximate surface area is 101 Å². The smallest absolute Gasteiger partial charge is 0.303 e. The van der Waals surface area contributed by atoms with Crippen LogP contribution in [0.1, 0.15) is 38.5 Å². The molecule has 0 aliphatic carbocycles. The largest absolute Gasteiger partial charge is 0.481 e. The first-order valence-electron chi connectivity index (χ1n) is 5.64. The molecule has 0 unspecified atom stereocenters. The van der Waals surface area contributed by atoms with E-state index in [1.807, 2.05) is 0 Å². The number of allylic oxidation sites excluding steroid dienone is 1. The van der Waals surface area contributed by atoms with Crippen molar-refractivity contribution >= 4 is 11.9 Å². The highest BCUT2D eigenvalue weighted by Crippen LogP contribution is 2.01. The van der Waals surface area contributed by atoms with Crippen molar-refractivity contribution in [3.05, 3.63) is 11.9 Å². The maximum Gasteiger partial charge on any atom is 0.303 e.